The summed E-state index contributed by atoms with van der Waals surface area (Å²) in [6.45, 7) is 0.455. The van der Waals surface area contributed by atoms with E-state index >= 15 is 0 Å². The van der Waals surface area contributed by atoms with Gasteiger partial charge in [-0.05, 0) is 60.2 Å². The summed E-state index contributed by atoms with van der Waals surface area (Å²) < 4.78 is 30.5. The predicted octanol–water partition coefficient (Wildman–Crippen LogP) is 8.49. The summed E-state index contributed by atoms with van der Waals surface area (Å²) in [6.07, 6.45) is 6.74. The number of benzene rings is 5. The zero-order valence-electron chi connectivity index (χ0n) is 33.9. The van der Waals surface area contributed by atoms with E-state index in [4.69, 9.17) is 8.94 Å². The number of amides is 1. The van der Waals surface area contributed by atoms with Gasteiger partial charge in [-0.25, -0.2) is 13.9 Å². The summed E-state index contributed by atoms with van der Waals surface area (Å²) in [4.78, 5) is 52.5. The lowest BCUT2D eigenvalue weighted by molar-refractivity contribution is -0.216. The molecule has 0 saturated heterocycles. The number of aromatic carboxylic acids is 1. The van der Waals surface area contributed by atoms with E-state index < -0.39 is 19.8 Å². The number of nitrogens with one attached hydrogen (secondary N) is 1. The molecule has 6 rings (SSSR count). The molecule has 0 saturated carbocycles. The number of carbonyl (C=O) groups excluding carboxylic acids is 2. The second-order valence-electron chi connectivity index (χ2n) is 15.0. The maximum Gasteiger partial charge on any atom is 0.374 e. The van der Waals surface area contributed by atoms with Crippen molar-refractivity contribution >= 4 is 53.1 Å². The van der Waals surface area contributed by atoms with Gasteiger partial charge in [-0.1, -0.05) is 81.0 Å². The lowest BCUT2D eigenvalue weighted by Crippen LogP contribution is -2.24. The third-order valence-corrected chi connectivity index (χ3v) is 11.1. The minimum atomic E-state index is -4.88. The van der Waals surface area contributed by atoms with Crippen molar-refractivity contribution in [1.82, 2.24) is 9.89 Å². The molecule has 1 heterocycles. The fourth-order valence-corrected chi connectivity index (χ4v) is 7.92. The molecule has 1 aliphatic heterocycles. The first-order chi connectivity index (χ1) is 28.3. The van der Waals surface area contributed by atoms with Crippen molar-refractivity contribution in [3.8, 4) is 28.2 Å². The summed E-state index contributed by atoms with van der Waals surface area (Å²) in [6, 6.07) is 28.7. The minimum Gasteiger partial charge on any atom is -0.736 e. The van der Waals surface area contributed by atoms with Gasteiger partial charge in [0.15, 0.2) is 0 Å². The number of carboxylic acid groups (broad SMARTS) is 1. The Morgan fingerprint density at radius 3 is 2.22 bits per heavy atom. The first-order valence-corrected chi connectivity index (χ1v) is 21.3. The van der Waals surface area contributed by atoms with Crippen LogP contribution in [0.1, 0.15) is 78.5 Å². The highest BCUT2D eigenvalue weighted by atomic mass is 31.2. The van der Waals surface area contributed by atoms with Crippen LogP contribution in [-0.2, 0) is 13.9 Å². The van der Waals surface area contributed by atoms with Crippen LogP contribution in [-0.4, -0.2) is 57.7 Å². The first-order valence-electron chi connectivity index (χ1n) is 19.9. The van der Waals surface area contributed by atoms with E-state index in [1.54, 1.807) is 30.3 Å². The molecule has 12 nitrogen and oxygen atoms in total. The van der Waals surface area contributed by atoms with Crippen molar-refractivity contribution in [2.24, 2.45) is 0 Å². The van der Waals surface area contributed by atoms with Crippen LogP contribution in [0.25, 0.3) is 44.2 Å². The van der Waals surface area contributed by atoms with E-state index in [0.717, 1.165) is 77.9 Å². The number of fused-ring (bicyclic) bond motifs is 3. The summed E-state index contributed by atoms with van der Waals surface area (Å²) >= 11 is 0. The van der Waals surface area contributed by atoms with Crippen LogP contribution in [0.3, 0.4) is 0 Å². The van der Waals surface area contributed by atoms with Crippen LogP contribution in [0.4, 0.5) is 5.69 Å². The van der Waals surface area contributed by atoms with E-state index in [0.29, 0.717) is 35.3 Å². The van der Waals surface area contributed by atoms with Gasteiger partial charge >= 0.3 is 19.8 Å². The normalized spacial score (nSPS) is 12.3. The molecule has 1 atom stereocenters. The highest BCUT2D eigenvalue weighted by Gasteiger charge is 2.24. The Balaban J connectivity index is 0.953. The van der Waals surface area contributed by atoms with E-state index in [2.05, 4.69) is 9.84 Å². The van der Waals surface area contributed by atoms with E-state index in [1.165, 1.54) is 12.1 Å². The van der Waals surface area contributed by atoms with Gasteiger partial charge in [-0.3, -0.25) is 9.59 Å². The Hall–Kier alpha value is -5.97. The number of hydrogen-bond donors (Lipinski definition) is 2. The number of phosphoric ester groups is 1. The van der Waals surface area contributed by atoms with E-state index in [9.17, 15) is 28.9 Å². The summed E-state index contributed by atoms with van der Waals surface area (Å²) in [5.74, 6) is -1.59. The minimum absolute atomic E-state index is 0.0204. The Morgan fingerprint density at radius 1 is 0.797 bits per heavy atom. The molecule has 4 aromatic carbocycles. The summed E-state index contributed by atoms with van der Waals surface area (Å²) in [5, 5.41) is 16.4. The molecule has 0 radical (unpaired) electrons. The van der Waals surface area contributed by atoms with Crippen molar-refractivity contribution in [2.45, 2.75) is 57.8 Å². The average Bonchev–Trinajstić information content (AvgIpc) is 3.20. The number of rotatable bonds is 18. The second-order valence-corrected chi connectivity index (χ2v) is 16.3. The molecule has 0 aromatic heterocycles. The maximum absolute atomic E-state index is 13.2. The number of phosphoric acid groups is 1. The van der Waals surface area contributed by atoms with Crippen LogP contribution in [0, 0.1) is 0 Å². The van der Waals surface area contributed by atoms with Crippen molar-refractivity contribution in [3.63, 3.8) is 0 Å². The first kappa shape index (κ1) is 42.6. The lowest BCUT2D eigenvalue weighted by atomic mass is 9.89. The average molecular weight is 820 g/mol. The van der Waals surface area contributed by atoms with Gasteiger partial charge in [0.25, 0.3) is 5.91 Å². The van der Waals surface area contributed by atoms with Crippen molar-refractivity contribution < 1.29 is 42.4 Å². The molecular formula is C46H50N3O9P. The van der Waals surface area contributed by atoms with Gasteiger partial charge in [0.2, 0.25) is 5.36 Å². The van der Waals surface area contributed by atoms with Crippen LogP contribution in [0.15, 0.2) is 101 Å². The number of carbonyl (C=O) groups is 3. The highest BCUT2D eigenvalue weighted by molar-refractivity contribution is 7.47. The zero-order valence-corrected chi connectivity index (χ0v) is 34.8. The number of carboxylic acids is 1. The topological polar surface area (TPSA) is 161 Å². The van der Waals surface area contributed by atoms with Crippen molar-refractivity contribution in [1.29, 1.82) is 0 Å². The standard InChI is InChI=1S/C46H50N3O9P/c1-48(2)33-22-25-37-41(29-33)56-42-30-34(49(3)4)23-26-38(42)44(37)36-24-21-32(28-39(36)46(52)53)45(51)47-27-14-10-8-6-5-7-9-11-20-43(50)58-59(54,55)57-40-19-15-17-31-16-12-13-18-35(31)40/h12-13,15-19,21-26,28-30H,5-11,14,20,27H2,1-4H3,(H2-,47,51,52,53,54,55). The molecular weight excluding hydrogens is 769 g/mol. The van der Waals surface area contributed by atoms with Crippen LogP contribution in [0.5, 0.6) is 5.75 Å². The van der Waals surface area contributed by atoms with Gasteiger partial charge in [0.1, 0.15) is 31.2 Å². The number of nitrogens with zero attached hydrogens (tertiary/aromatic N) is 2. The third-order valence-electron chi connectivity index (χ3n) is 10.3. The molecule has 2 aliphatic rings. The predicted molar refractivity (Wildman–Crippen MR) is 229 cm³/mol. The third kappa shape index (κ3) is 10.8. The largest absolute Gasteiger partial charge is 0.736 e. The summed E-state index contributed by atoms with van der Waals surface area (Å²) in [7, 11) is 2.90. The molecule has 0 fully saturated rings. The molecule has 0 spiro atoms. The lowest BCUT2D eigenvalue weighted by Gasteiger charge is -2.23. The van der Waals surface area contributed by atoms with Crippen molar-refractivity contribution in [3.05, 3.63) is 114 Å². The Bertz CT molecular complexity index is 2570. The van der Waals surface area contributed by atoms with Gasteiger partial charge in [0.05, 0.1) is 11.6 Å². The fourth-order valence-electron chi connectivity index (χ4n) is 7.14. The second kappa shape index (κ2) is 19.2. The Morgan fingerprint density at radius 2 is 1.49 bits per heavy atom. The number of hydrogen-bond acceptors (Lipinski definition) is 9. The Labute approximate surface area is 343 Å². The zero-order chi connectivity index (χ0) is 42.1. The molecule has 0 bridgehead atoms. The van der Waals surface area contributed by atoms with Crippen molar-refractivity contribution in [2.75, 3.05) is 39.6 Å². The van der Waals surface area contributed by atoms with E-state index in [-0.39, 0.29) is 29.2 Å². The van der Waals surface area contributed by atoms with Crippen LogP contribution < -0.4 is 29.6 Å². The fraction of sp³-hybridized carbons (Fsp3) is 0.304. The molecule has 2 N–H and O–H groups in total. The molecule has 13 heteroatoms. The molecule has 1 aliphatic carbocycles. The van der Waals surface area contributed by atoms with Gasteiger partial charge < -0.3 is 33.7 Å². The Kier molecular flexibility index (Phi) is 13.9. The monoisotopic (exact) mass is 819 g/mol. The highest BCUT2D eigenvalue weighted by Crippen LogP contribution is 2.44. The smallest absolute Gasteiger partial charge is 0.374 e. The van der Waals surface area contributed by atoms with E-state index in [1.807, 2.05) is 92.3 Å². The molecule has 1 amide bonds. The van der Waals surface area contributed by atoms with Gasteiger partial charge in [0, 0.05) is 72.3 Å². The van der Waals surface area contributed by atoms with Crippen LogP contribution >= 0.6 is 7.82 Å². The van der Waals surface area contributed by atoms with Gasteiger partial charge in [-0.15, -0.1) is 0 Å². The number of unbranched alkanes of at least 4 members (excludes halogenated alkanes) is 7. The SMILES string of the molecule is CN(C)c1ccc2c(-c3ccc(C(=O)NCCCCCCCCCCC(=O)OP(=O)([O-])Oc4cccc5ccccc45)cc3C(=O)O)c3ccc(=[N+](C)C)cc-3oc2c1. The summed E-state index contributed by atoms with van der Waals surface area (Å²) in [5.41, 5.74) is 3.82. The van der Waals surface area contributed by atoms with Crippen LogP contribution in [0.2, 0.25) is 0 Å². The molecule has 4 aromatic rings. The number of anilines is 1. The van der Waals surface area contributed by atoms with Gasteiger partial charge in [-0.2, -0.15) is 0 Å². The molecule has 59 heavy (non-hydrogen) atoms. The maximum atomic E-state index is 13.2. The quantitative estimate of drug-likeness (QED) is 0.0372. The molecule has 308 valence electrons. The molecule has 1 unspecified atom stereocenters.